The van der Waals surface area contributed by atoms with E-state index in [9.17, 15) is 4.79 Å². The van der Waals surface area contributed by atoms with Crippen LogP contribution in [0.1, 0.15) is 38.4 Å². The van der Waals surface area contributed by atoms with Gasteiger partial charge in [0.25, 0.3) is 0 Å². The number of hydrogen-bond acceptors (Lipinski definition) is 3. The molecule has 0 bridgehead atoms. The van der Waals surface area contributed by atoms with Crippen molar-refractivity contribution in [2.75, 3.05) is 7.11 Å². The van der Waals surface area contributed by atoms with Crippen LogP contribution >= 0.6 is 0 Å². The van der Waals surface area contributed by atoms with Crippen molar-refractivity contribution in [1.82, 2.24) is 9.97 Å². The first-order valence-electron chi connectivity index (χ1n) is 12.6. The van der Waals surface area contributed by atoms with E-state index in [2.05, 4.69) is 65.7 Å². The van der Waals surface area contributed by atoms with Crippen molar-refractivity contribution in [1.29, 1.82) is 0 Å². The van der Waals surface area contributed by atoms with Gasteiger partial charge in [-0.05, 0) is 58.5 Å². The number of carbonyl (C=O) groups is 1. The van der Waals surface area contributed by atoms with Gasteiger partial charge >= 0.3 is 5.97 Å². The van der Waals surface area contributed by atoms with E-state index in [4.69, 9.17) is 9.72 Å². The normalized spacial score (nSPS) is 11.7. The summed E-state index contributed by atoms with van der Waals surface area (Å²) in [6, 6.07) is 38.9. The quantitative estimate of drug-likeness (QED) is 0.191. The highest BCUT2D eigenvalue weighted by Gasteiger charge is 2.14. The van der Waals surface area contributed by atoms with Crippen molar-refractivity contribution in [3.8, 4) is 0 Å². The summed E-state index contributed by atoms with van der Waals surface area (Å²) in [6.45, 7) is 0. The highest BCUT2D eigenvalue weighted by atomic mass is 16.5. The summed E-state index contributed by atoms with van der Waals surface area (Å²) < 4.78 is 4.97. The van der Waals surface area contributed by atoms with Crippen LogP contribution in [0.15, 0.2) is 115 Å². The number of para-hydroxylation sites is 1. The molecule has 0 atom stereocenters. The largest absolute Gasteiger partial charge is 0.465 e. The molecular formula is C34H26N2O2. The molecule has 184 valence electrons. The number of esters is 1. The van der Waals surface area contributed by atoms with Crippen LogP contribution in [0.25, 0.3) is 33.5 Å². The van der Waals surface area contributed by atoms with E-state index in [0.29, 0.717) is 12.0 Å². The van der Waals surface area contributed by atoms with Crippen LogP contribution in [0.5, 0.6) is 0 Å². The summed E-state index contributed by atoms with van der Waals surface area (Å²) in [4.78, 5) is 20.8. The minimum atomic E-state index is -0.322. The van der Waals surface area contributed by atoms with Crippen molar-refractivity contribution in [2.45, 2.75) is 6.42 Å². The number of aromatic nitrogens is 2. The number of aromatic amines is 1. The summed E-state index contributed by atoms with van der Waals surface area (Å²) in [5.74, 6) is -0.322. The predicted octanol–water partition coefficient (Wildman–Crippen LogP) is 7.68. The van der Waals surface area contributed by atoms with Crippen LogP contribution in [0.4, 0.5) is 0 Å². The number of nitrogens with zero attached hydrogens (tertiary/aromatic N) is 1. The molecule has 0 aliphatic carbocycles. The van der Waals surface area contributed by atoms with E-state index < -0.39 is 0 Å². The molecule has 4 heteroatoms. The molecular weight excluding hydrogens is 468 g/mol. The van der Waals surface area contributed by atoms with Crippen molar-refractivity contribution < 1.29 is 9.53 Å². The Bertz CT molecular complexity index is 1800. The maximum absolute atomic E-state index is 12.2. The summed E-state index contributed by atoms with van der Waals surface area (Å²) in [5.41, 5.74) is 8.72. The number of fused-ring (bicyclic) bond motifs is 2. The smallest absolute Gasteiger partial charge is 0.338 e. The van der Waals surface area contributed by atoms with Gasteiger partial charge in [0, 0.05) is 28.6 Å². The van der Waals surface area contributed by atoms with Gasteiger partial charge in [-0.1, -0.05) is 84.9 Å². The van der Waals surface area contributed by atoms with Crippen molar-refractivity contribution >= 4 is 39.4 Å². The fourth-order valence-corrected chi connectivity index (χ4v) is 4.88. The molecule has 6 rings (SSSR count). The SMILES string of the molecule is COC(=O)c1ccccc1Cc1cc2ccc(C(=Cc3ccccc3)c3ccc4ccccc4n3)cc2[nH]1. The van der Waals surface area contributed by atoms with Crippen molar-refractivity contribution in [3.05, 3.63) is 149 Å². The van der Waals surface area contributed by atoms with Crippen LogP contribution in [0.3, 0.4) is 0 Å². The minimum Gasteiger partial charge on any atom is -0.465 e. The third-order valence-electron chi connectivity index (χ3n) is 6.78. The summed E-state index contributed by atoms with van der Waals surface area (Å²) >= 11 is 0. The van der Waals surface area contributed by atoms with E-state index in [1.54, 1.807) is 6.07 Å². The molecule has 2 aromatic heterocycles. The lowest BCUT2D eigenvalue weighted by Crippen LogP contribution is -2.06. The highest BCUT2D eigenvalue weighted by molar-refractivity contribution is 5.95. The number of ether oxygens (including phenoxy) is 1. The Kier molecular flexibility index (Phi) is 6.29. The number of H-pyrrole nitrogens is 1. The van der Waals surface area contributed by atoms with Crippen LogP contribution < -0.4 is 0 Å². The first-order valence-corrected chi connectivity index (χ1v) is 12.6. The second-order valence-electron chi connectivity index (χ2n) is 9.28. The lowest BCUT2D eigenvalue weighted by atomic mass is 9.98. The van der Waals surface area contributed by atoms with Crippen molar-refractivity contribution in [2.24, 2.45) is 0 Å². The van der Waals surface area contributed by atoms with Gasteiger partial charge in [-0.25, -0.2) is 9.78 Å². The van der Waals surface area contributed by atoms with Gasteiger partial charge in [0.2, 0.25) is 0 Å². The van der Waals surface area contributed by atoms with Gasteiger partial charge in [-0.2, -0.15) is 0 Å². The van der Waals surface area contributed by atoms with E-state index in [1.807, 2.05) is 54.6 Å². The lowest BCUT2D eigenvalue weighted by Gasteiger charge is -2.10. The molecule has 0 amide bonds. The van der Waals surface area contributed by atoms with Gasteiger partial charge in [0.15, 0.2) is 0 Å². The number of methoxy groups -OCH3 is 1. The van der Waals surface area contributed by atoms with Gasteiger partial charge < -0.3 is 9.72 Å². The van der Waals surface area contributed by atoms with Crippen LogP contribution in [0.2, 0.25) is 0 Å². The molecule has 4 nitrogen and oxygen atoms in total. The Morgan fingerprint density at radius 3 is 2.45 bits per heavy atom. The summed E-state index contributed by atoms with van der Waals surface area (Å²) in [7, 11) is 1.41. The average Bonchev–Trinajstić information content (AvgIpc) is 3.37. The number of nitrogens with one attached hydrogen (secondary N) is 1. The maximum Gasteiger partial charge on any atom is 0.338 e. The van der Waals surface area contributed by atoms with Gasteiger partial charge in [-0.15, -0.1) is 0 Å². The van der Waals surface area contributed by atoms with Crippen LogP contribution in [-0.4, -0.2) is 23.0 Å². The molecule has 0 fully saturated rings. The first-order chi connectivity index (χ1) is 18.7. The molecule has 0 saturated carbocycles. The average molecular weight is 495 g/mol. The molecule has 38 heavy (non-hydrogen) atoms. The molecule has 0 aliphatic heterocycles. The maximum atomic E-state index is 12.2. The topological polar surface area (TPSA) is 55.0 Å². The third kappa shape index (κ3) is 4.72. The monoisotopic (exact) mass is 494 g/mol. The van der Waals surface area contributed by atoms with Crippen LogP contribution in [0, 0.1) is 0 Å². The Labute approximate surface area is 221 Å². The Morgan fingerprint density at radius 1 is 0.816 bits per heavy atom. The number of pyridine rings is 1. The van der Waals surface area contributed by atoms with Gasteiger partial charge in [0.05, 0.1) is 23.9 Å². The number of rotatable bonds is 6. The predicted molar refractivity (Wildman–Crippen MR) is 154 cm³/mol. The lowest BCUT2D eigenvalue weighted by molar-refractivity contribution is 0.0599. The second-order valence-corrected chi connectivity index (χ2v) is 9.28. The number of benzene rings is 4. The second kappa shape index (κ2) is 10.2. The zero-order valence-corrected chi connectivity index (χ0v) is 21.0. The molecule has 6 aromatic rings. The van der Waals surface area contributed by atoms with Crippen molar-refractivity contribution in [3.63, 3.8) is 0 Å². The molecule has 0 saturated heterocycles. The fraction of sp³-hybridized carbons (Fsp3) is 0.0588. The third-order valence-corrected chi connectivity index (χ3v) is 6.78. The highest BCUT2D eigenvalue weighted by Crippen LogP contribution is 2.30. The Morgan fingerprint density at radius 2 is 1.58 bits per heavy atom. The van der Waals surface area contributed by atoms with Gasteiger partial charge in [-0.3, -0.25) is 0 Å². The van der Waals surface area contributed by atoms with E-state index in [1.165, 1.54) is 7.11 Å². The van der Waals surface area contributed by atoms with E-state index in [-0.39, 0.29) is 5.97 Å². The Hall–Kier alpha value is -4.96. The van der Waals surface area contributed by atoms with Crippen LogP contribution in [-0.2, 0) is 11.2 Å². The molecule has 0 unspecified atom stereocenters. The number of carbonyl (C=O) groups excluding carboxylic acids is 1. The number of hydrogen-bond donors (Lipinski definition) is 1. The van der Waals surface area contributed by atoms with Gasteiger partial charge in [0.1, 0.15) is 0 Å². The molecule has 0 radical (unpaired) electrons. The molecule has 0 spiro atoms. The standard InChI is InChI=1S/C34H26N2O2/c1-38-34(37)29-13-7-5-12-25(29)20-28-21-27-16-15-26(22-33(27)35-28)30(19-23-9-3-2-4-10-23)32-18-17-24-11-6-8-14-31(24)36-32/h2-19,21-22,35H,20H2,1H3. The zero-order valence-electron chi connectivity index (χ0n) is 21.0. The summed E-state index contributed by atoms with van der Waals surface area (Å²) in [6.07, 6.45) is 2.79. The molecule has 0 aliphatic rings. The molecule has 1 N–H and O–H groups in total. The van der Waals surface area contributed by atoms with E-state index >= 15 is 0 Å². The molecule has 4 aromatic carbocycles. The van der Waals surface area contributed by atoms with E-state index in [0.717, 1.165) is 55.5 Å². The molecule has 2 heterocycles. The zero-order chi connectivity index (χ0) is 25.9. The fourth-order valence-electron chi connectivity index (χ4n) is 4.88. The first kappa shape index (κ1) is 23.4. The summed E-state index contributed by atoms with van der Waals surface area (Å²) in [5, 5.41) is 2.23. The Balaban J connectivity index is 1.41. The minimum absolute atomic E-state index is 0.322.